The van der Waals surface area contributed by atoms with E-state index < -0.39 is 0 Å². The summed E-state index contributed by atoms with van der Waals surface area (Å²) in [6.07, 6.45) is 2.68. The van der Waals surface area contributed by atoms with Gasteiger partial charge in [0.1, 0.15) is 0 Å². The maximum Gasteiger partial charge on any atom is 0.227 e. The highest BCUT2D eigenvalue weighted by atomic mass is 79.9. The van der Waals surface area contributed by atoms with Gasteiger partial charge in [-0.05, 0) is 30.7 Å². The lowest BCUT2D eigenvalue weighted by Crippen LogP contribution is -2.06. The first kappa shape index (κ1) is 10.4. The van der Waals surface area contributed by atoms with Crippen LogP contribution >= 0.6 is 15.9 Å². The van der Waals surface area contributed by atoms with Gasteiger partial charge >= 0.3 is 0 Å². The lowest BCUT2D eigenvalue weighted by atomic mass is 10.0. The molecule has 1 aromatic rings. The number of Topliss-reactive ketones (excluding diaryl/α,β-unsaturated/α-hetero) is 1. The van der Waals surface area contributed by atoms with Crippen molar-refractivity contribution in [2.24, 2.45) is 0 Å². The van der Waals surface area contributed by atoms with E-state index in [-0.39, 0.29) is 5.78 Å². The first-order chi connectivity index (χ1) is 7.18. The van der Waals surface area contributed by atoms with Crippen molar-refractivity contribution in [1.82, 2.24) is 0 Å². The van der Waals surface area contributed by atoms with Crippen molar-refractivity contribution in [3.8, 4) is 0 Å². The van der Waals surface area contributed by atoms with E-state index in [1.54, 1.807) is 0 Å². The smallest absolute Gasteiger partial charge is 0.227 e. The molecule has 0 bridgehead atoms. The maximum absolute atomic E-state index is 12.0. The standard InChI is InChI=1S/C12H11BrO2/c1-8-4-5-9(13)7-10(8)12(14)11-3-2-6-15-11/h3-5,7H,2,6H2,1H3. The Balaban J connectivity index is 2.36. The minimum Gasteiger partial charge on any atom is -0.489 e. The van der Waals surface area contributed by atoms with Crippen LogP contribution < -0.4 is 0 Å². The highest BCUT2D eigenvalue weighted by Crippen LogP contribution is 2.21. The van der Waals surface area contributed by atoms with Crippen LogP contribution in [0.2, 0.25) is 0 Å². The summed E-state index contributed by atoms with van der Waals surface area (Å²) in [7, 11) is 0. The van der Waals surface area contributed by atoms with Gasteiger partial charge in [-0.2, -0.15) is 0 Å². The van der Waals surface area contributed by atoms with Crippen molar-refractivity contribution >= 4 is 21.7 Å². The van der Waals surface area contributed by atoms with E-state index in [0.29, 0.717) is 17.9 Å². The van der Waals surface area contributed by atoms with Gasteiger partial charge in [-0.25, -0.2) is 0 Å². The number of ether oxygens (including phenoxy) is 1. The van der Waals surface area contributed by atoms with E-state index in [4.69, 9.17) is 4.74 Å². The number of hydrogen-bond acceptors (Lipinski definition) is 2. The number of ketones is 1. The van der Waals surface area contributed by atoms with Gasteiger partial charge in [0.05, 0.1) is 6.61 Å². The first-order valence-corrected chi connectivity index (χ1v) is 5.61. The van der Waals surface area contributed by atoms with Gasteiger partial charge in [0, 0.05) is 16.5 Å². The highest BCUT2D eigenvalue weighted by Gasteiger charge is 2.18. The van der Waals surface area contributed by atoms with E-state index in [9.17, 15) is 4.79 Å². The first-order valence-electron chi connectivity index (χ1n) is 4.82. The lowest BCUT2D eigenvalue weighted by molar-refractivity contribution is 0.0941. The van der Waals surface area contributed by atoms with Crippen LogP contribution in [0.3, 0.4) is 0 Å². The second-order valence-electron chi connectivity index (χ2n) is 3.49. The Bertz CT molecular complexity index is 435. The topological polar surface area (TPSA) is 26.3 Å². The Morgan fingerprint density at radius 2 is 2.27 bits per heavy atom. The number of rotatable bonds is 2. The van der Waals surface area contributed by atoms with E-state index in [2.05, 4.69) is 15.9 Å². The molecule has 1 heterocycles. The normalized spacial score (nSPS) is 14.7. The number of allylic oxidation sites excluding steroid dienone is 1. The Morgan fingerprint density at radius 1 is 1.47 bits per heavy atom. The summed E-state index contributed by atoms with van der Waals surface area (Å²) in [6.45, 7) is 2.54. The van der Waals surface area contributed by atoms with Crippen molar-refractivity contribution in [3.05, 3.63) is 45.6 Å². The van der Waals surface area contributed by atoms with Crippen molar-refractivity contribution in [1.29, 1.82) is 0 Å². The van der Waals surface area contributed by atoms with Crippen LogP contribution in [0.5, 0.6) is 0 Å². The molecule has 0 saturated carbocycles. The average Bonchev–Trinajstić information content (AvgIpc) is 2.74. The molecule has 0 radical (unpaired) electrons. The fourth-order valence-corrected chi connectivity index (χ4v) is 1.91. The van der Waals surface area contributed by atoms with Crippen molar-refractivity contribution in [3.63, 3.8) is 0 Å². The van der Waals surface area contributed by atoms with E-state index in [1.807, 2.05) is 31.2 Å². The van der Waals surface area contributed by atoms with Crippen molar-refractivity contribution in [2.45, 2.75) is 13.3 Å². The molecule has 2 nitrogen and oxygen atoms in total. The van der Waals surface area contributed by atoms with Gasteiger partial charge in [0.2, 0.25) is 5.78 Å². The highest BCUT2D eigenvalue weighted by molar-refractivity contribution is 9.10. The van der Waals surface area contributed by atoms with Gasteiger partial charge in [0.25, 0.3) is 0 Å². The number of carbonyl (C=O) groups excluding carboxylic acids is 1. The summed E-state index contributed by atoms with van der Waals surface area (Å²) >= 11 is 3.36. The van der Waals surface area contributed by atoms with Crippen molar-refractivity contribution in [2.75, 3.05) is 6.61 Å². The van der Waals surface area contributed by atoms with E-state index in [0.717, 1.165) is 16.5 Å². The Labute approximate surface area is 97.1 Å². The summed E-state index contributed by atoms with van der Waals surface area (Å²) in [4.78, 5) is 12.0. The third-order valence-electron chi connectivity index (χ3n) is 2.37. The van der Waals surface area contributed by atoms with Crippen LogP contribution in [0.15, 0.2) is 34.5 Å². The summed E-state index contributed by atoms with van der Waals surface area (Å²) in [6, 6.07) is 5.68. The van der Waals surface area contributed by atoms with Crippen LogP contribution in [0, 0.1) is 6.92 Å². The van der Waals surface area contributed by atoms with Crippen LogP contribution in [-0.4, -0.2) is 12.4 Å². The molecule has 1 aliphatic rings. The molecule has 0 aliphatic carbocycles. The third kappa shape index (κ3) is 2.12. The van der Waals surface area contributed by atoms with Crippen LogP contribution in [0.4, 0.5) is 0 Å². The second kappa shape index (κ2) is 4.19. The fraction of sp³-hybridized carbons (Fsp3) is 0.250. The number of halogens is 1. The molecule has 0 unspecified atom stereocenters. The molecule has 0 aromatic heterocycles. The van der Waals surface area contributed by atoms with Gasteiger partial charge in [-0.3, -0.25) is 4.79 Å². The lowest BCUT2D eigenvalue weighted by Gasteiger charge is -2.06. The molecule has 0 saturated heterocycles. The third-order valence-corrected chi connectivity index (χ3v) is 2.87. The Morgan fingerprint density at radius 3 is 2.93 bits per heavy atom. The Kier molecular flexibility index (Phi) is 2.91. The van der Waals surface area contributed by atoms with Crippen LogP contribution in [0.1, 0.15) is 22.3 Å². The van der Waals surface area contributed by atoms with Crippen LogP contribution in [0.25, 0.3) is 0 Å². The molecule has 3 heteroatoms. The number of carbonyl (C=O) groups is 1. The average molecular weight is 267 g/mol. The predicted molar refractivity (Wildman–Crippen MR) is 61.9 cm³/mol. The molecule has 15 heavy (non-hydrogen) atoms. The monoisotopic (exact) mass is 266 g/mol. The molecule has 2 rings (SSSR count). The quantitative estimate of drug-likeness (QED) is 0.769. The summed E-state index contributed by atoms with van der Waals surface area (Å²) in [5.41, 5.74) is 1.68. The van der Waals surface area contributed by atoms with Gasteiger partial charge in [0.15, 0.2) is 5.76 Å². The molecule has 1 aromatic carbocycles. The summed E-state index contributed by atoms with van der Waals surface area (Å²) < 4.78 is 6.17. The molecule has 0 atom stereocenters. The molecular formula is C12H11BrO2. The summed E-state index contributed by atoms with van der Waals surface area (Å²) in [5.74, 6) is 0.461. The van der Waals surface area contributed by atoms with E-state index in [1.165, 1.54) is 0 Å². The van der Waals surface area contributed by atoms with Crippen molar-refractivity contribution < 1.29 is 9.53 Å². The number of hydrogen-bond donors (Lipinski definition) is 0. The van der Waals surface area contributed by atoms with Gasteiger partial charge in [-0.1, -0.05) is 22.0 Å². The largest absolute Gasteiger partial charge is 0.489 e. The maximum atomic E-state index is 12.0. The molecule has 0 amide bonds. The molecule has 0 fully saturated rings. The number of benzene rings is 1. The van der Waals surface area contributed by atoms with E-state index >= 15 is 0 Å². The van der Waals surface area contributed by atoms with Crippen LogP contribution in [-0.2, 0) is 4.74 Å². The second-order valence-corrected chi connectivity index (χ2v) is 4.41. The van der Waals surface area contributed by atoms with Gasteiger partial charge in [-0.15, -0.1) is 0 Å². The zero-order valence-corrected chi connectivity index (χ0v) is 10.0. The minimum absolute atomic E-state index is 0.0219. The fourth-order valence-electron chi connectivity index (χ4n) is 1.55. The molecule has 0 N–H and O–H groups in total. The minimum atomic E-state index is -0.0219. The van der Waals surface area contributed by atoms with Gasteiger partial charge < -0.3 is 4.74 Å². The molecule has 78 valence electrons. The molecular weight excluding hydrogens is 256 g/mol. The summed E-state index contributed by atoms with van der Waals surface area (Å²) in [5, 5.41) is 0. The Hall–Kier alpha value is -1.09. The zero-order valence-electron chi connectivity index (χ0n) is 8.42. The zero-order chi connectivity index (χ0) is 10.8. The predicted octanol–water partition coefficient (Wildman–Crippen LogP) is 3.24. The SMILES string of the molecule is Cc1ccc(Br)cc1C(=O)C1=CCCO1. The molecule has 0 spiro atoms. The number of aryl methyl sites for hydroxylation is 1. The molecule has 1 aliphatic heterocycles.